The summed E-state index contributed by atoms with van der Waals surface area (Å²) in [6.07, 6.45) is 0.266. The molecule has 0 aromatic rings. The number of hydrogen-bond acceptors (Lipinski definition) is 3. The van der Waals surface area contributed by atoms with Crippen molar-refractivity contribution in [1.29, 1.82) is 0 Å². The minimum absolute atomic E-state index is 0.348. The van der Waals surface area contributed by atoms with Crippen LogP contribution >= 0.6 is 0 Å². The van der Waals surface area contributed by atoms with Crippen molar-refractivity contribution in [2.45, 2.75) is 38.9 Å². The van der Waals surface area contributed by atoms with Crippen LogP contribution in [0.25, 0.3) is 0 Å². The Morgan fingerprint density at radius 3 is 1.64 bits per heavy atom. The molecule has 1 heterocycles. The first-order valence-corrected chi connectivity index (χ1v) is 3.94. The molecule has 1 aliphatic heterocycles. The molecule has 1 rings (SSSR count). The molecule has 2 unspecified atom stereocenters. The molecule has 0 bridgehead atoms. The number of ether oxygens (including phenoxy) is 1. The van der Waals surface area contributed by atoms with Gasteiger partial charge in [-0.25, -0.2) is 0 Å². The average Bonchev–Trinajstić information content (AvgIpc) is 2.30. The van der Waals surface area contributed by atoms with E-state index in [0.29, 0.717) is 12.8 Å². The van der Waals surface area contributed by atoms with Crippen molar-refractivity contribution < 1.29 is 14.3 Å². The fourth-order valence-electron chi connectivity index (χ4n) is 1.20. The first-order chi connectivity index (χ1) is 5.20. The minimum Gasteiger partial charge on any atom is -0.358 e. The molecule has 0 aliphatic carbocycles. The Morgan fingerprint density at radius 1 is 1.09 bits per heavy atom. The SMILES string of the molecule is CCC1OC(CC)C(=O)C1=O. The summed E-state index contributed by atoms with van der Waals surface area (Å²) in [5.74, 6) is -0.696. The van der Waals surface area contributed by atoms with Gasteiger partial charge in [-0.1, -0.05) is 13.8 Å². The van der Waals surface area contributed by atoms with Crippen LogP contribution in [0.15, 0.2) is 0 Å². The molecule has 62 valence electrons. The van der Waals surface area contributed by atoms with Gasteiger partial charge < -0.3 is 4.74 Å². The largest absolute Gasteiger partial charge is 0.358 e. The van der Waals surface area contributed by atoms with Crippen molar-refractivity contribution in [3.05, 3.63) is 0 Å². The van der Waals surface area contributed by atoms with Gasteiger partial charge in [-0.2, -0.15) is 0 Å². The van der Waals surface area contributed by atoms with Crippen molar-refractivity contribution in [3.8, 4) is 0 Å². The van der Waals surface area contributed by atoms with Crippen LogP contribution < -0.4 is 0 Å². The number of carbonyl (C=O) groups is 2. The van der Waals surface area contributed by atoms with Gasteiger partial charge in [0, 0.05) is 0 Å². The molecule has 0 aromatic carbocycles. The van der Waals surface area contributed by atoms with E-state index in [2.05, 4.69) is 0 Å². The van der Waals surface area contributed by atoms with Crippen LogP contribution in [0.3, 0.4) is 0 Å². The third kappa shape index (κ3) is 1.33. The van der Waals surface area contributed by atoms with E-state index >= 15 is 0 Å². The summed E-state index contributed by atoms with van der Waals surface area (Å²) in [7, 11) is 0. The molecular weight excluding hydrogens is 144 g/mol. The van der Waals surface area contributed by atoms with Crippen LogP contribution in [0.5, 0.6) is 0 Å². The Kier molecular flexibility index (Phi) is 2.39. The number of carbonyl (C=O) groups excluding carboxylic acids is 2. The second-order valence-electron chi connectivity index (χ2n) is 2.66. The lowest BCUT2D eigenvalue weighted by Gasteiger charge is -2.05. The van der Waals surface area contributed by atoms with Crippen LogP contribution in [0, 0.1) is 0 Å². The maximum Gasteiger partial charge on any atom is 0.229 e. The van der Waals surface area contributed by atoms with Crippen LogP contribution in [0.1, 0.15) is 26.7 Å². The number of rotatable bonds is 2. The summed E-state index contributed by atoms with van der Waals surface area (Å²) < 4.78 is 5.19. The third-order valence-corrected chi connectivity index (χ3v) is 1.90. The topological polar surface area (TPSA) is 43.4 Å². The molecule has 0 radical (unpaired) electrons. The normalized spacial score (nSPS) is 31.5. The smallest absolute Gasteiger partial charge is 0.229 e. The highest BCUT2D eigenvalue weighted by atomic mass is 16.5. The van der Waals surface area contributed by atoms with Gasteiger partial charge in [0.25, 0.3) is 0 Å². The molecule has 0 N–H and O–H groups in total. The standard InChI is InChI=1S/C8H12O3/c1-3-5-7(9)8(10)6(4-2)11-5/h5-6H,3-4H2,1-2H3. The lowest BCUT2D eigenvalue weighted by molar-refractivity contribution is -0.135. The van der Waals surface area contributed by atoms with E-state index in [9.17, 15) is 9.59 Å². The van der Waals surface area contributed by atoms with E-state index < -0.39 is 12.2 Å². The maximum atomic E-state index is 11.0. The monoisotopic (exact) mass is 156 g/mol. The molecular formula is C8H12O3. The van der Waals surface area contributed by atoms with Gasteiger partial charge in [0.05, 0.1) is 0 Å². The predicted molar refractivity (Wildman–Crippen MR) is 39.3 cm³/mol. The predicted octanol–water partition coefficient (Wildman–Crippen LogP) is 0.712. The van der Waals surface area contributed by atoms with E-state index in [1.54, 1.807) is 0 Å². The van der Waals surface area contributed by atoms with E-state index in [-0.39, 0.29) is 11.6 Å². The summed E-state index contributed by atoms with van der Waals surface area (Å²) in [6.45, 7) is 3.68. The van der Waals surface area contributed by atoms with Crippen LogP contribution in [-0.2, 0) is 14.3 Å². The molecule has 2 atom stereocenters. The molecule has 0 saturated carbocycles. The number of ketones is 2. The van der Waals surface area contributed by atoms with Crippen molar-refractivity contribution >= 4 is 11.6 Å². The van der Waals surface area contributed by atoms with Crippen LogP contribution in [0.2, 0.25) is 0 Å². The number of hydrogen-bond donors (Lipinski definition) is 0. The quantitative estimate of drug-likeness (QED) is 0.553. The van der Waals surface area contributed by atoms with Crippen molar-refractivity contribution in [1.82, 2.24) is 0 Å². The zero-order chi connectivity index (χ0) is 8.43. The fraction of sp³-hybridized carbons (Fsp3) is 0.750. The highest BCUT2D eigenvalue weighted by Gasteiger charge is 2.39. The zero-order valence-corrected chi connectivity index (χ0v) is 6.79. The highest BCUT2D eigenvalue weighted by molar-refractivity contribution is 6.42. The van der Waals surface area contributed by atoms with Gasteiger partial charge in [-0.3, -0.25) is 9.59 Å². The van der Waals surface area contributed by atoms with E-state index in [0.717, 1.165) is 0 Å². The van der Waals surface area contributed by atoms with Gasteiger partial charge in [-0.15, -0.1) is 0 Å². The van der Waals surface area contributed by atoms with Gasteiger partial charge in [0.15, 0.2) is 0 Å². The lowest BCUT2D eigenvalue weighted by atomic mass is 10.1. The third-order valence-electron chi connectivity index (χ3n) is 1.90. The minimum atomic E-state index is -0.465. The Hall–Kier alpha value is -0.700. The zero-order valence-electron chi connectivity index (χ0n) is 6.79. The van der Waals surface area contributed by atoms with Crippen LogP contribution in [-0.4, -0.2) is 23.8 Å². The Bertz CT molecular complexity index is 166. The van der Waals surface area contributed by atoms with Crippen molar-refractivity contribution in [2.75, 3.05) is 0 Å². The Balaban J connectivity index is 2.68. The molecule has 0 amide bonds. The van der Waals surface area contributed by atoms with E-state index in [1.807, 2.05) is 13.8 Å². The molecule has 3 heteroatoms. The molecule has 1 aliphatic rings. The summed E-state index contributed by atoms with van der Waals surface area (Å²) in [4.78, 5) is 22.1. The van der Waals surface area contributed by atoms with E-state index in [4.69, 9.17) is 4.74 Å². The summed E-state index contributed by atoms with van der Waals surface area (Å²) in [5.41, 5.74) is 0. The maximum absolute atomic E-state index is 11.0. The molecule has 3 nitrogen and oxygen atoms in total. The average molecular weight is 156 g/mol. The number of Topliss-reactive ketones (excluding diaryl/α,β-unsaturated/α-hetero) is 2. The second-order valence-corrected chi connectivity index (χ2v) is 2.66. The summed E-state index contributed by atoms with van der Waals surface area (Å²) in [5, 5.41) is 0. The Labute approximate surface area is 65.7 Å². The Morgan fingerprint density at radius 2 is 1.45 bits per heavy atom. The van der Waals surface area contributed by atoms with Gasteiger partial charge in [0.2, 0.25) is 11.6 Å². The van der Waals surface area contributed by atoms with Crippen LogP contribution in [0.4, 0.5) is 0 Å². The van der Waals surface area contributed by atoms with Gasteiger partial charge in [0.1, 0.15) is 12.2 Å². The summed E-state index contributed by atoms with van der Waals surface area (Å²) in [6, 6.07) is 0. The first kappa shape index (κ1) is 8.40. The van der Waals surface area contributed by atoms with E-state index in [1.165, 1.54) is 0 Å². The fourth-order valence-corrected chi connectivity index (χ4v) is 1.20. The second kappa shape index (κ2) is 3.13. The molecule has 0 spiro atoms. The summed E-state index contributed by atoms with van der Waals surface area (Å²) >= 11 is 0. The highest BCUT2D eigenvalue weighted by Crippen LogP contribution is 2.17. The van der Waals surface area contributed by atoms with Gasteiger partial charge >= 0.3 is 0 Å². The molecule has 1 saturated heterocycles. The molecule has 0 aromatic heterocycles. The first-order valence-electron chi connectivity index (χ1n) is 3.94. The van der Waals surface area contributed by atoms with Crippen molar-refractivity contribution in [2.24, 2.45) is 0 Å². The lowest BCUT2D eigenvalue weighted by Crippen LogP contribution is -2.20. The molecule has 11 heavy (non-hydrogen) atoms. The van der Waals surface area contributed by atoms with Gasteiger partial charge in [-0.05, 0) is 12.8 Å². The molecule has 1 fully saturated rings. The van der Waals surface area contributed by atoms with Crippen molar-refractivity contribution in [3.63, 3.8) is 0 Å².